The van der Waals surface area contributed by atoms with Crippen molar-refractivity contribution in [1.82, 2.24) is 0 Å². The summed E-state index contributed by atoms with van der Waals surface area (Å²) in [7, 11) is 0. The number of benzene rings is 1. The average Bonchev–Trinajstić information content (AvgIpc) is 2.30. The van der Waals surface area contributed by atoms with Gasteiger partial charge < -0.3 is 10.6 Å². The molecule has 1 aliphatic heterocycles. The van der Waals surface area contributed by atoms with Crippen LogP contribution in [0.3, 0.4) is 0 Å². The minimum Gasteiger partial charge on any atom is -0.371 e. The van der Waals surface area contributed by atoms with Crippen LogP contribution < -0.4 is 10.6 Å². The Morgan fingerprint density at radius 3 is 2.29 bits per heavy atom. The predicted molar refractivity (Wildman–Crippen MR) is 74.4 cm³/mol. The van der Waals surface area contributed by atoms with E-state index in [1.54, 1.807) is 0 Å². The van der Waals surface area contributed by atoms with E-state index in [2.05, 4.69) is 43.0 Å². The maximum absolute atomic E-state index is 5.93. The van der Waals surface area contributed by atoms with Gasteiger partial charge in [0.15, 0.2) is 0 Å². The van der Waals surface area contributed by atoms with Gasteiger partial charge in [-0.25, -0.2) is 0 Å². The van der Waals surface area contributed by atoms with Gasteiger partial charge in [0.2, 0.25) is 0 Å². The highest BCUT2D eigenvalue weighted by atomic mass is 15.1. The summed E-state index contributed by atoms with van der Waals surface area (Å²) in [6.45, 7) is 6.73. The molecule has 2 rings (SSSR count). The van der Waals surface area contributed by atoms with Gasteiger partial charge in [-0.05, 0) is 42.9 Å². The minimum atomic E-state index is 0.409. The van der Waals surface area contributed by atoms with E-state index >= 15 is 0 Å². The fourth-order valence-corrected chi connectivity index (χ4v) is 2.47. The molecular formula is C15H24N2. The SMILES string of the molecule is CC(C)Cc1ccc(N2CCC(N)CC2)cc1. The maximum atomic E-state index is 5.93. The molecule has 0 saturated carbocycles. The number of rotatable bonds is 3. The summed E-state index contributed by atoms with van der Waals surface area (Å²) >= 11 is 0. The van der Waals surface area contributed by atoms with Crippen molar-refractivity contribution < 1.29 is 0 Å². The van der Waals surface area contributed by atoms with Crippen molar-refractivity contribution in [2.75, 3.05) is 18.0 Å². The van der Waals surface area contributed by atoms with Crippen LogP contribution in [-0.4, -0.2) is 19.1 Å². The molecule has 0 bridgehead atoms. The standard InChI is InChI=1S/C15H24N2/c1-12(2)11-13-3-5-15(6-4-13)17-9-7-14(16)8-10-17/h3-6,12,14H,7-11,16H2,1-2H3. The van der Waals surface area contributed by atoms with Crippen LogP contribution >= 0.6 is 0 Å². The first kappa shape index (κ1) is 12.4. The fraction of sp³-hybridized carbons (Fsp3) is 0.600. The molecule has 0 amide bonds. The third kappa shape index (κ3) is 3.47. The third-order valence-electron chi connectivity index (χ3n) is 3.49. The first-order valence-corrected chi connectivity index (χ1v) is 6.74. The van der Waals surface area contributed by atoms with E-state index in [4.69, 9.17) is 5.73 Å². The van der Waals surface area contributed by atoms with E-state index in [0.717, 1.165) is 31.8 Å². The molecule has 2 heteroatoms. The molecule has 0 aromatic heterocycles. The Kier molecular flexibility index (Phi) is 4.06. The van der Waals surface area contributed by atoms with Crippen molar-refractivity contribution >= 4 is 5.69 Å². The number of nitrogens with two attached hydrogens (primary N) is 1. The summed E-state index contributed by atoms with van der Waals surface area (Å²) in [4.78, 5) is 2.45. The van der Waals surface area contributed by atoms with Crippen LogP contribution in [0.1, 0.15) is 32.3 Å². The lowest BCUT2D eigenvalue weighted by Crippen LogP contribution is -2.39. The van der Waals surface area contributed by atoms with E-state index in [1.165, 1.54) is 17.7 Å². The Hall–Kier alpha value is -1.02. The smallest absolute Gasteiger partial charge is 0.0366 e. The number of piperidine rings is 1. The van der Waals surface area contributed by atoms with Gasteiger partial charge in [-0.1, -0.05) is 26.0 Å². The Morgan fingerprint density at radius 2 is 1.76 bits per heavy atom. The van der Waals surface area contributed by atoms with Crippen molar-refractivity contribution in [2.45, 2.75) is 39.2 Å². The second kappa shape index (κ2) is 5.54. The largest absolute Gasteiger partial charge is 0.371 e. The maximum Gasteiger partial charge on any atom is 0.0366 e. The molecule has 1 saturated heterocycles. The Bertz CT molecular complexity index is 334. The van der Waals surface area contributed by atoms with Gasteiger partial charge in [-0.3, -0.25) is 0 Å². The molecule has 2 nitrogen and oxygen atoms in total. The Balaban J connectivity index is 1.97. The van der Waals surface area contributed by atoms with Crippen molar-refractivity contribution in [3.63, 3.8) is 0 Å². The van der Waals surface area contributed by atoms with Crippen molar-refractivity contribution in [2.24, 2.45) is 11.7 Å². The molecular weight excluding hydrogens is 208 g/mol. The summed E-state index contributed by atoms with van der Waals surface area (Å²) in [6.07, 6.45) is 3.41. The second-order valence-electron chi connectivity index (χ2n) is 5.59. The number of nitrogens with zero attached hydrogens (tertiary/aromatic N) is 1. The molecule has 0 spiro atoms. The van der Waals surface area contributed by atoms with Crippen LogP contribution in [-0.2, 0) is 6.42 Å². The van der Waals surface area contributed by atoms with E-state index in [9.17, 15) is 0 Å². The van der Waals surface area contributed by atoms with E-state index < -0.39 is 0 Å². The normalized spacial score (nSPS) is 17.8. The highest BCUT2D eigenvalue weighted by molar-refractivity contribution is 5.48. The van der Waals surface area contributed by atoms with Gasteiger partial charge in [-0.15, -0.1) is 0 Å². The molecule has 0 aliphatic carbocycles. The van der Waals surface area contributed by atoms with Gasteiger partial charge in [0.25, 0.3) is 0 Å². The van der Waals surface area contributed by atoms with Crippen LogP contribution in [0.4, 0.5) is 5.69 Å². The Labute approximate surface area is 105 Å². The highest BCUT2D eigenvalue weighted by Crippen LogP contribution is 2.20. The zero-order valence-electron chi connectivity index (χ0n) is 11.0. The van der Waals surface area contributed by atoms with Crippen molar-refractivity contribution in [3.05, 3.63) is 29.8 Å². The lowest BCUT2D eigenvalue weighted by molar-refractivity contribution is 0.501. The van der Waals surface area contributed by atoms with Gasteiger partial charge in [-0.2, -0.15) is 0 Å². The first-order chi connectivity index (χ1) is 8.15. The van der Waals surface area contributed by atoms with Crippen molar-refractivity contribution in [3.8, 4) is 0 Å². The first-order valence-electron chi connectivity index (χ1n) is 6.74. The van der Waals surface area contributed by atoms with Gasteiger partial charge >= 0.3 is 0 Å². The lowest BCUT2D eigenvalue weighted by atomic mass is 10.0. The van der Waals surface area contributed by atoms with Crippen LogP contribution in [0.25, 0.3) is 0 Å². The van der Waals surface area contributed by atoms with Gasteiger partial charge in [0.05, 0.1) is 0 Å². The topological polar surface area (TPSA) is 29.3 Å². The number of hydrogen-bond donors (Lipinski definition) is 1. The molecule has 0 radical (unpaired) electrons. The second-order valence-corrected chi connectivity index (χ2v) is 5.59. The molecule has 94 valence electrons. The monoisotopic (exact) mass is 232 g/mol. The average molecular weight is 232 g/mol. The van der Waals surface area contributed by atoms with Gasteiger partial charge in [0, 0.05) is 24.8 Å². The van der Waals surface area contributed by atoms with E-state index in [1.807, 2.05) is 0 Å². The molecule has 0 atom stereocenters. The molecule has 1 fully saturated rings. The zero-order valence-corrected chi connectivity index (χ0v) is 11.0. The van der Waals surface area contributed by atoms with E-state index in [-0.39, 0.29) is 0 Å². The van der Waals surface area contributed by atoms with Gasteiger partial charge in [0.1, 0.15) is 0 Å². The summed E-state index contributed by atoms with van der Waals surface area (Å²) < 4.78 is 0. The van der Waals surface area contributed by atoms with Crippen molar-refractivity contribution in [1.29, 1.82) is 0 Å². The Morgan fingerprint density at radius 1 is 1.18 bits per heavy atom. The molecule has 17 heavy (non-hydrogen) atoms. The van der Waals surface area contributed by atoms with Crippen LogP contribution in [0.5, 0.6) is 0 Å². The molecule has 0 unspecified atom stereocenters. The van der Waals surface area contributed by atoms with Crippen LogP contribution in [0, 0.1) is 5.92 Å². The molecule has 1 heterocycles. The summed E-state index contributed by atoms with van der Waals surface area (Å²) in [5.74, 6) is 0.730. The van der Waals surface area contributed by atoms with Crippen LogP contribution in [0.2, 0.25) is 0 Å². The molecule has 2 N–H and O–H groups in total. The van der Waals surface area contributed by atoms with E-state index in [0.29, 0.717) is 6.04 Å². The minimum absolute atomic E-state index is 0.409. The number of anilines is 1. The quantitative estimate of drug-likeness (QED) is 0.868. The third-order valence-corrected chi connectivity index (χ3v) is 3.49. The predicted octanol–water partition coefficient (Wildman–Crippen LogP) is 2.81. The molecule has 1 aromatic rings. The number of hydrogen-bond acceptors (Lipinski definition) is 2. The summed E-state index contributed by atoms with van der Waals surface area (Å²) in [5.41, 5.74) is 8.72. The van der Waals surface area contributed by atoms with Crippen LogP contribution in [0.15, 0.2) is 24.3 Å². The summed E-state index contributed by atoms with van der Waals surface area (Å²) in [5, 5.41) is 0. The fourth-order valence-electron chi connectivity index (χ4n) is 2.47. The summed E-state index contributed by atoms with van der Waals surface area (Å²) in [6, 6.07) is 9.46. The molecule has 1 aliphatic rings. The molecule has 1 aromatic carbocycles. The highest BCUT2D eigenvalue weighted by Gasteiger charge is 2.15. The zero-order chi connectivity index (χ0) is 12.3. The lowest BCUT2D eigenvalue weighted by Gasteiger charge is -2.32.